The number of halogens is 3. The van der Waals surface area contributed by atoms with Crippen LogP contribution in [-0.2, 0) is 11.4 Å². The Morgan fingerprint density at radius 3 is 2.59 bits per heavy atom. The lowest BCUT2D eigenvalue weighted by atomic mass is 10.0. The van der Waals surface area contributed by atoms with Crippen LogP contribution in [0.1, 0.15) is 42.3 Å². The lowest BCUT2D eigenvalue weighted by Gasteiger charge is -2.20. The first-order valence-corrected chi connectivity index (χ1v) is 14.6. The van der Waals surface area contributed by atoms with Gasteiger partial charge in [-0.3, -0.25) is 9.59 Å². The molecule has 3 aromatic rings. The Bertz CT molecular complexity index is 1470. The van der Waals surface area contributed by atoms with Gasteiger partial charge in [0.1, 0.15) is 12.6 Å². The quantitative estimate of drug-likeness (QED) is 0.139. The molecule has 0 fully saturated rings. The SMILES string of the molecule is CCOc1cc(/C=N\NC(=O)C(NC(=O)c2ccc3c(c2)OCO3)C(C)C)cc(I)c1OCc1ccc(Cl)cc1Cl. The Hall–Kier alpha value is -3.22. The second kappa shape index (κ2) is 14.1. The number of benzene rings is 3. The Labute approximate surface area is 261 Å². The molecule has 12 heteroatoms. The first-order valence-electron chi connectivity index (χ1n) is 12.7. The number of nitrogens with one attached hydrogen (secondary N) is 2. The van der Waals surface area contributed by atoms with Crippen LogP contribution < -0.4 is 29.7 Å². The molecule has 1 aliphatic rings. The molecule has 0 radical (unpaired) electrons. The number of hydrazone groups is 1. The highest BCUT2D eigenvalue weighted by atomic mass is 127. The molecule has 0 spiro atoms. The minimum absolute atomic E-state index is 0.106. The number of nitrogens with zero attached hydrogens (tertiary/aromatic N) is 1. The first-order chi connectivity index (χ1) is 19.7. The molecular weight excluding hydrogens is 684 g/mol. The fourth-order valence-electron chi connectivity index (χ4n) is 3.89. The number of hydrogen-bond donors (Lipinski definition) is 2. The van der Waals surface area contributed by atoms with E-state index in [1.54, 1.807) is 36.4 Å². The van der Waals surface area contributed by atoms with Gasteiger partial charge in [0.15, 0.2) is 23.0 Å². The molecule has 0 bridgehead atoms. The van der Waals surface area contributed by atoms with Crippen molar-refractivity contribution >= 4 is 63.8 Å². The summed E-state index contributed by atoms with van der Waals surface area (Å²) in [5, 5.41) is 7.95. The Balaban J connectivity index is 1.42. The molecule has 2 N–H and O–H groups in total. The third-order valence-corrected chi connectivity index (χ3v) is 7.37. The van der Waals surface area contributed by atoms with E-state index >= 15 is 0 Å². The van der Waals surface area contributed by atoms with Crippen LogP contribution in [-0.4, -0.2) is 37.5 Å². The Kier molecular flexibility index (Phi) is 10.6. The maximum Gasteiger partial charge on any atom is 0.262 e. The van der Waals surface area contributed by atoms with Crippen LogP contribution in [0.4, 0.5) is 0 Å². The summed E-state index contributed by atoms with van der Waals surface area (Å²) < 4.78 is 23.3. The monoisotopic (exact) mass is 711 g/mol. The van der Waals surface area contributed by atoms with E-state index in [1.807, 2.05) is 32.9 Å². The van der Waals surface area contributed by atoms with Crippen LogP contribution in [0.2, 0.25) is 10.0 Å². The number of carbonyl (C=O) groups is 2. The molecule has 0 aliphatic carbocycles. The molecule has 1 atom stereocenters. The molecule has 216 valence electrons. The zero-order chi connectivity index (χ0) is 29.5. The second-order valence-corrected chi connectivity index (χ2v) is 11.3. The van der Waals surface area contributed by atoms with E-state index in [4.69, 9.17) is 42.1 Å². The van der Waals surface area contributed by atoms with Crippen molar-refractivity contribution in [3.8, 4) is 23.0 Å². The van der Waals surface area contributed by atoms with Crippen molar-refractivity contribution in [2.75, 3.05) is 13.4 Å². The van der Waals surface area contributed by atoms with Crippen molar-refractivity contribution in [1.82, 2.24) is 10.7 Å². The van der Waals surface area contributed by atoms with Crippen molar-refractivity contribution in [3.63, 3.8) is 0 Å². The standard InChI is InChI=1S/C29H28Cl2IN3O6/c1-4-38-25-10-17(9-22(32)27(25)39-14-19-5-7-20(30)12-21(19)31)13-33-35-29(37)26(16(2)3)34-28(36)18-6-8-23-24(11-18)41-15-40-23/h5-13,16,26H,4,14-15H2,1-3H3,(H,34,36)(H,35,37)/b33-13-. The van der Waals surface area contributed by atoms with E-state index in [9.17, 15) is 9.59 Å². The van der Waals surface area contributed by atoms with Crippen LogP contribution in [0.5, 0.6) is 23.0 Å². The van der Waals surface area contributed by atoms with Gasteiger partial charge in [-0.05, 0) is 83.5 Å². The number of hydrogen-bond acceptors (Lipinski definition) is 7. The van der Waals surface area contributed by atoms with E-state index in [1.165, 1.54) is 6.21 Å². The van der Waals surface area contributed by atoms with E-state index in [0.717, 1.165) is 9.13 Å². The van der Waals surface area contributed by atoms with Crippen molar-refractivity contribution in [2.24, 2.45) is 11.0 Å². The summed E-state index contributed by atoms with van der Waals surface area (Å²) >= 11 is 14.4. The Morgan fingerprint density at radius 1 is 1.07 bits per heavy atom. The minimum atomic E-state index is -0.820. The summed E-state index contributed by atoms with van der Waals surface area (Å²) in [6.07, 6.45) is 1.50. The van der Waals surface area contributed by atoms with E-state index in [0.29, 0.717) is 50.8 Å². The molecule has 1 heterocycles. The summed E-state index contributed by atoms with van der Waals surface area (Å²) in [4.78, 5) is 25.8. The normalized spacial score (nSPS) is 12.9. The van der Waals surface area contributed by atoms with Crippen LogP contribution in [0, 0.1) is 9.49 Å². The van der Waals surface area contributed by atoms with Gasteiger partial charge in [0.2, 0.25) is 6.79 Å². The van der Waals surface area contributed by atoms with Crippen LogP contribution in [0.25, 0.3) is 0 Å². The highest BCUT2D eigenvalue weighted by molar-refractivity contribution is 14.1. The molecule has 1 aliphatic heterocycles. The van der Waals surface area contributed by atoms with Gasteiger partial charge in [-0.1, -0.05) is 43.1 Å². The number of rotatable bonds is 11. The average Bonchev–Trinajstić information content (AvgIpc) is 3.40. The number of ether oxygens (including phenoxy) is 4. The van der Waals surface area contributed by atoms with Gasteiger partial charge in [-0.25, -0.2) is 5.43 Å². The second-order valence-electron chi connectivity index (χ2n) is 9.28. The predicted octanol–water partition coefficient (Wildman–Crippen LogP) is 6.21. The highest BCUT2D eigenvalue weighted by Gasteiger charge is 2.25. The zero-order valence-corrected chi connectivity index (χ0v) is 26.2. The third-order valence-electron chi connectivity index (χ3n) is 5.98. The van der Waals surface area contributed by atoms with E-state index in [2.05, 4.69) is 38.4 Å². The van der Waals surface area contributed by atoms with E-state index in [-0.39, 0.29) is 19.3 Å². The van der Waals surface area contributed by atoms with Gasteiger partial charge in [-0.15, -0.1) is 0 Å². The summed E-state index contributed by atoms with van der Waals surface area (Å²) in [6, 6.07) is 12.9. The minimum Gasteiger partial charge on any atom is -0.490 e. The molecular formula is C29H28Cl2IN3O6. The molecule has 4 rings (SSSR count). The summed E-state index contributed by atoms with van der Waals surface area (Å²) in [5.74, 6) is 1.08. The zero-order valence-electron chi connectivity index (χ0n) is 22.5. The number of fused-ring (bicyclic) bond motifs is 1. The third kappa shape index (κ3) is 7.96. The van der Waals surface area contributed by atoms with Crippen molar-refractivity contribution < 1.29 is 28.5 Å². The van der Waals surface area contributed by atoms with Gasteiger partial charge in [0.05, 0.1) is 16.4 Å². The number of carbonyl (C=O) groups excluding carboxylic acids is 2. The molecule has 0 aromatic heterocycles. The molecule has 0 saturated heterocycles. The van der Waals surface area contributed by atoms with Gasteiger partial charge < -0.3 is 24.3 Å². The molecule has 9 nitrogen and oxygen atoms in total. The van der Waals surface area contributed by atoms with Gasteiger partial charge in [0.25, 0.3) is 11.8 Å². The molecule has 3 aromatic carbocycles. The van der Waals surface area contributed by atoms with E-state index < -0.39 is 17.9 Å². The van der Waals surface area contributed by atoms with Crippen LogP contribution in [0.15, 0.2) is 53.6 Å². The Morgan fingerprint density at radius 2 is 1.85 bits per heavy atom. The van der Waals surface area contributed by atoms with Crippen LogP contribution in [0.3, 0.4) is 0 Å². The summed E-state index contributed by atoms with van der Waals surface area (Å²) in [6.45, 7) is 6.29. The van der Waals surface area contributed by atoms with Crippen molar-refractivity contribution in [2.45, 2.75) is 33.4 Å². The first kappa shape index (κ1) is 30.7. The van der Waals surface area contributed by atoms with Crippen LogP contribution >= 0.6 is 45.8 Å². The lowest BCUT2D eigenvalue weighted by Crippen LogP contribution is -2.48. The maximum atomic E-state index is 12.9. The summed E-state index contributed by atoms with van der Waals surface area (Å²) in [5.41, 5.74) is 4.35. The van der Waals surface area contributed by atoms with Crippen molar-refractivity contribution in [3.05, 3.63) is 78.8 Å². The topological polar surface area (TPSA) is 107 Å². The average molecular weight is 712 g/mol. The fourth-order valence-corrected chi connectivity index (χ4v) is 5.14. The molecule has 2 amide bonds. The molecule has 41 heavy (non-hydrogen) atoms. The maximum absolute atomic E-state index is 12.9. The van der Waals surface area contributed by atoms with Gasteiger partial charge in [0, 0.05) is 21.2 Å². The summed E-state index contributed by atoms with van der Waals surface area (Å²) in [7, 11) is 0. The van der Waals surface area contributed by atoms with Gasteiger partial charge in [-0.2, -0.15) is 5.10 Å². The smallest absolute Gasteiger partial charge is 0.262 e. The lowest BCUT2D eigenvalue weighted by molar-refractivity contribution is -0.123. The van der Waals surface area contributed by atoms with Gasteiger partial charge >= 0.3 is 0 Å². The largest absolute Gasteiger partial charge is 0.490 e. The molecule has 1 unspecified atom stereocenters. The highest BCUT2D eigenvalue weighted by Crippen LogP contribution is 2.35. The fraction of sp³-hybridized carbons (Fsp3) is 0.276. The number of amides is 2. The van der Waals surface area contributed by atoms with Crippen molar-refractivity contribution in [1.29, 1.82) is 0 Å². The molecule has 0 saturated carbocycles. The predicted molar refractivity (Wildman–Crippen MR) is 166 cm³/mol.